The summed E-state index contributed by atoms with van der Waals surface area (Å²) in [5.41, 5.74) is 5.84. The topological polar surface area (TPSA) is 39.5 Å². The van der Waals surface area contributed by atoms with E-state index in [2.05, 4.69) is 14.5 Å². The number of hydrogen-bond acceptors (Lipinski definition) is 4. The van der Waals surface area contributed by atoms with Gasteiger partial charge in [-0.25, -0.2) is 9.37 Å². The van der Waals surface area contributed by atoms with Crippen molar-refractivity contribution in [2.75, 3.05) is 19.1 Å². The smallest absolute Gasteiger partial charge is 0.161 e. The maximum atomic E-state index is 13.5. The Hall–Kier alpha value is -3.51. The molecule has 0 bridgehead atoms. The lowest BCUT2D eigenvalue weighted by Crippen LogP contribution is -2.29. The molecule has 7 heteroatoms. The Balaban J connectivity index is 1.57. The number of fused-ring (bicyclic) bond motifs is 3. The molecule has 1 aliphatic rings. The van der Waals surface area contributed by atoms with Crippen molar-refractivity contribution in [1.82, 2.24) is 9.55 Å². The fraction of sp³-hybridized carbons (Fsp3) is 0.160. The zero-order valence-corrected chi connectivity index (χ0v) is 18.4. The molecule has 1 aliphatic heterocycles. The molecule has 1 aromatic heterocycles. The molecule has 0 saturated carbocycles. The lowest BCUT2D eigenvalue weighted by atomic mass is 10.1. The summed E-state index contributed by atoms with van der Waals surface area (Å²) in [4.78, 5) is 6.91. The number of hydrogen-bond donors (Lipinski definition) is 0. The first-order valence-corrected chi connectivity index (χ1v) is 10.5. The summed E-state index contributed by atoms with van der Waals surface area (Å²) in [6.45, 7) is 1.26. The van der Waals surface area contributed by atoms with E-state index in [1.54, 1.807) is 26.4 Å². The van der Waals surface area contributed by atoms with Gasteiger partial charge in [0.1, 0.15) is 12.1 Å². The highest BCUT2D eigenvalue weighted by Gasteiger charge is 2.26. The molecule has 5 nitrogen and oxygen atoms in total. The van der Waals surface area contributed by atoms with E-state index in [1.165, 1.54) is 12.1 Å². The van der Waals surface area contributed by atoms with Crippen LogP contribution in [0.2, 0.25) is 5.02 Å². The van der Waals surface area contributed by atoms with Gasteiger partial charge in [0.2, 0.25) is 0 Å². The summed E-state index contributed by atoms with van der Waals surface area (Å²) in [6.07, 6.45) is 1.81. The molecule has 0 saturated heterocycles. The van der Waals surface area contributed by atoms with E-state index in [0.29, 0.717) is 29.6 Å². The van der Waals surface area contributed by atoms with Crippen LogP contribution in [0.25, 0.3) is 16.9 Å². The Bertz CT molecular complexity index is 1270. The Morgan fingerprint density at radius 1 is 0.938 bits per heavy atom. The molecule has 4 aromatic rings. The van der Waals surface area contributed by atoms with Crippen molar-refractivity contribution >= 4 is 17.3 Å². The van der Waals surface area contributed by atoms with E-state index >= 15 is 0 Å². The van der Waals surface area contributed by atoms with Crippen LogP contribution in [0.5, 0.6) is 11.5 Å². The molecule has 0 fully saturated rings. The van der Waals surface area contributed by atoms with Gasteiger partial charge in [-0.1, -0.05) is 17.7 Å². The number of nitrogens with zero attached hydrogens (tertiary/aromatic N) is 3. The normalized spacial score (nSPS) is 12.3. The number of methoxy groups -OCH3 is 2. The van der Waals surface area contributed by atoms with Gasteiger partial charge in [0.05, 0.1) is 43.5 Å². The van der Waals surface area contributed by atoms with E-state index in [-0.39, 0.29) is 5.82 Å². The van der Waals surface area contributed by atoms with Gasteiger partial charge < -0.3 is 14.4 Å². The first-order valence-electron chi connectivity index (χ1n) is 10.2. The quantitative estimate of drug-likeness (QED) is 0.382. The number of anilines is 1. The molecule has 0 unspecified atom stereocenters. The third-order valence-corrected chi connectivity index (χ3v) is 5.92. The molecular weight excluding hydrogens is 429 g/mol. The predicted octanol–water partition coefficient (Wildman–Crippen LogP) is 5.87. The van der Waals surface area contributed by atoms with Gasteiger partial charge in [-0.3, -0.25) is 4.57 Å². The van der Waals surface area contributed by atoms with Crippen LogP contribution >= 0.6 is 11.6 Å². The molecule has 5 rings (SSSR count). The molecule has 0 atom stereocenters. The van der Waals surface area contributed by atoms with E-state index in [1.807, 2.05) is 42.7 Å². The fourth-order valence-electron chi connectivity index (χ4n) is 4.14. The van der Waals surface area contributed by atoms with Crippen LogP contribution in [-0.2, 0) is 13.1 Å². The first kappa shape index (κ1) is 20.4. The van der Waals surface area contributed by atoms with Gasteiger partial charge in [0.15, 0.2) is 11.5 Å². The molecule has 0 spiro atoms. The molecular formula is C25H21ClFN3O2. The zero-order chi connectivity index (χ0) is 22.2. The van der Waals surface area contributed by atoms with Gasteiger partial charge in [0, 0.05) is 17.1 Å². The van der Waals surface area contributed by atoms with Crippen LogP contribution in [0.3, 0.4) is 0 Å². The number of ether oxygens (including phenoxy) is 2. The molecule has 0 amide bonds. The van der Waals surface area contributed by atoms with Gasteiger partial charge in [-0.05, 0) is 60.2 Å². The summed E-state index contributed by atoms with van der Waals surface area (Å²) in [5, 5.41) is 0.670. The number of halogens is 2. The molecule has 0 radical (unpaired) electrons. The van der Waals surface area contributed by atoms with Crippen LogP contribution in [0.1, 0.15) is 11.3 Å². The van der Waals surface area contributed by atoms with Gasteiger partial charge in [0.25, 0.3) is 0 Å². The Labute approximate surface area is 190 Å². The van der Waals surface area contributed by atoms with Crippen LogP contribution in [0.15, 0.2) is 67.0 Å². The standard InChI is InChI=1S/C25H21ClFN3O2/c1-31-23-10-3-16(11-24(23)32-2)13-29-14-22-25(17-4-7-19(27)8-5-17)28-15-30(22)20-9-6-18(26)12-21(20)29/h3-12,15H,13-14H2,1-2H3. The summed E-state index contributed by atoms with van der Waals surface area (Å²) in [6, 6.07) is 18.2. The second-order valence-corrected chi connectivity index (χ2v) is 8.03. The molecule has 0 N–H and O–H groups in total. The SMILES string of the molecule is COc1ccc(CN2Cc3c(-c4ccc(F)cc4)ncn3-c3ccc(Cl)cc32)cc1OC. The highest BCUT2D eigenvalue weighted by Crippen LogP contribution is 2.39. The summed E-state index contributed by atoms with van der Waals surface area (Å²) in [7, 11) is 3.25. The lowest BCUT2D eigenvalue weighted by Gasteiger charge is -2.33. The van der Waals surface area contributed by atoms with Crippen LogP contribution in [0, 0.1) is 5.82 Å². The van der Waals surface area contributed by atoms with Crippen LogP contribution in [-0.4, -0.2) is 23.8 Å². The minimum absolute atomic E-state index is 0.267. The van der Waals surface area contributed by atoms with Crippen molar-refractivity contribution in [2.45, 2.75) is 13.1 Å². The molecule has 2 heterocycles. The van der Waals surface area contributed by atoms with Crippen molar-refractivity contribution < 1.29 is 13.9 Å². The molecule has 0 aliphatic carbocycles. The van der Waals surface area contributed by atoms with Crippen molar-refractivity contribution in [1.29, 1.82) is 0 Å². The number of imidazole rings is 1. The van der Waals surface area contributed by atoms with Crippen molar-refractivity contribution in [3.63, 3.8) is 0 Å². The Kier molecular flexibility index (Phi) is 5.23. The van der Waals surface area contributed by atoms with Crippen molar-refractivity contribution in [3.8, 4) is 28.4 Å². The highest BCUT2D eigenvalue weighted by molar-refractivity contribution is 6.31. The first-order chi connectivity index (χ1) is 15.6. The van der Waals surface area contributed by atoms with E-state index in [4.69, 9.17) is 21.1 Å². The van der Waals surface area contributed by atoms with E-state index in [9.17, 15) is 4.39 Å². The highest BCUT2D eigenvalue weighted by atomic mass is 35.5. The predicted molar refractivity (Wildman–Crippen MR) is 123 cm³/mol. The van der Waals surface area contributed by atoms with Crippen LogP contribution in [0.4, 0.5) is 10.1 Å². The monoisotopic (exact) mass is 449 g/mol. The minimum atomic E-state index is -0.267. The molecule has 3 aromatic carbocycles. The second-order valence-electron chi connectivity index (χ2n) is 7.60. The van der Waals surface area contributed by atoms with E-state index in [0.717, 1.165) is 33.9 Å². The van der Waals surface area contributed by atoms with Crippen molar-refractivity contribution in [2.24, 2.45) is 0 Å². The number of aromatic nitrogens is 2. The largest absolute Gasteiger partial charge is 0.493 e. The average Bonchev–Trinajstić information content (AvgIpc) is 3.23. The van der Waals surface area contributed by atoms with E-state index < -0.39 is 0 Å². The number of benzene rings is 3. The minimum Gasteiger partial charge on any atom is -0.493 e. The number of rotatable bonds is 5. The Morgan fingerprint density at radius 3 is 2.47 bits per heavy atom. The summed E-state index contributed by atoms with van der Waals surface area (Å²) >= 11 is 6.35. The molecule has 32 heavy (non-hydrogen) atoms. The lowest BCUT2D eigenvalue weighted by molar-refractivity contribution is 0.354. The Morgan fingerprint density at radius 2 is 1.72 bits per heavy atom. The van der Waals surface area contributed by atoms with Crippen LogP contribution < -0.4 is 14.4 Å². The zero-order valence-electron chi connectivity index (χ0n) is 17.7. The van der Waals surface area contributed by atoms with Crippen molar-refractivity contribution in [3.05, 3.63) is 89.1 Å². The maximum Gasteiger partial charge on any atom is 0.161 e. The molecule has 162 valence electrons. The third kappa shape index (κ3) is 3.56. The van der Waals surface area contributed by atoms with Gasteiger partial charge in [-0.15, -0.1) is 0 Å². The summed E-state index contributed by atoms with van der Waals surface area (Å²) in [5.74, 6) is 1.11. The fourth-order valence-corrected chi connectivity index (χ4v) is 4.31. The maximum absolute atomic E-state index is 13.5. The van der Waals surface area contributed by atoms with Gasteiger partial charge >= 0.3 is 0 Å². The summed E-state index contributed by atoms with van der Waals surface area (Å²) < 4.78 is 26.4. The second kappa shape index (κ2) is 8.20. The third-order valence-electron chi connectivity index (χ3n) is 5.68. The average molecular weight is 450 g/mol. The van der Waals surface area contributed by atoms with Gasteiger partial charge in [-0.2, -0.15) is 0 Å².